The molecule has 3 aromatic rings. The van der Waals surface area contributed by atoms with Crippen molar-refractivity contribution in [3.05, 3.63) is 65.4 Å². The number of aryl methyl sites for hydroxylation is 2. The average molecular weight is 293 g/mol. The summed E-state index contributed by atoms with van der Waals surface area (Å²) in [5.41, 5.74) is 4.98. The number of aromatic nitrogens is 1. The van der Waals surface area contributed by atoms with E-state index in [0.29, 0.717) is 12.6 Å². The Morgan fingerprint density at radius 1 is 1.05 bits per heavy atom. The fourth-order valence-corrected chi connectivity index (χ4v) is 2.86. The SMILES string of the molecule is Cc1ccc2c(c1)c(COc1ccccc1C)cn2C(C)C. The van der Waals surface area contributed by atoms with Gasteiger partial charge in [-0.3, -0.25) is 0 Å². The molecule has 0 aliphatic heterocycles. The summed E-state index contributed by atoms with van der Waals surface area (Å²) < 4.78 is 8.38. The molecule has 0 saturated heterocycles. The molecule has 1 heterocycles. The largest absolute Gasteiger partial charge is 0.489 e. The van der Waals surface area contributed by atoms with Crippen LogP contribution >= 0.6 is 0 Å². The molecule has 0 aliphatic rings. The van der Waals surface area contributed by atoms with Crippen LogP contribution in [0.3, 0.4) is 0 Å². The number of para-hydroxylation sites is 1. The van der Waals surface area contributed by atoms with E-state index in [1.807, 2.05) is 18.2 Å². The van der Waals surface area contributed by atoms with Gasteiger partial charge in [-0.2, -0.15) is 0 Å². The van der Waals surface area contributed by atoms with Crippen molar-refractivity contribution in [1.29, 1.82) is 0 Å². The van der Waals surface area contributed by atoms with Crippen LogP contribution in [0.2, 0.25) is 0 Å². The summed E-state index contributed by atoms with van der Waals surface area (Å²) in [5.74, 6) is 0.959. The molecule has 0 aliphatic carbocycles. The van der Waals surface area contributed by atoms with Crippen LogP contribution in [0, 0.1) is 13.8 Å². The van der Waals surface area contributed by atoms with Gasteiger partial charge in [-0.25, -0.2) is 0 Å². The Kier molecular flexibility index (Phi) is 3.93. The lowest BCUT2D eigenvalue weighted by atomic mass is 10.1. The first-order chi connectivity index (χ1) is 10.6. The number of fused-ring (bicyclic) bond motifs is 1. The van der Waals surface area contributed by atoms with Gasteiger partial charge in [-0.05, 0) is 51.5 Å². The monoisotopic (exact) mass is 293 g/mol. The maximum absolute atomic E-state index is 6.05. The van der Waals surface area contributed by atoms with E-state index in [1.54, 1.807) is 0 Å². The molecular formula is C20H23NO. The lowest BCUT2D eigenvalue weighted by molar-refractivity contribution is 0.305. The molecule has 0 atom stereocenters. The van der Waals surface area contributed by atoms with Gasteiger partial charge in [0.25, 0.3) is 0 Å². The van der Waals surface area contributed by atoms with Gasteiger partial charge in [0.15, 0.2) is 0 Å². The zero-order valence-electron chi connectivity index (χ0n) is 13.8. The molecule has 2 heteroatoms. The quantitative estimate of drug-likeness (QED) is 0.626. The Morgan fingerprint density at radius 3 is 2.55 bits per heavy atom. The fourth-order valence-electron chi connectivity index (χ4n) is 2.86. The van der Waals surface area contributed by atoms with Gasteiger partial charge < -0.3 is 9.30 Å². The Hall–Kier alpha value is -2.22. The lowest BCUT2D eigenvalue weighted by Crippen LogP contribution is -1.99. The maximum Gasteiger partial charge on any atom is 0.122 e. The van der Waals surface area contributed by atoms with Crippen molar-refractivity contribution in [3.63, 3.8) is 0 Å². The number of nitrogens with zero attached hydrogens (tertiary/aromatic N) is 1. The Morgan fingerprint density at radius 2 is 1.82 bits per heavy atom. The summed E-state index contributed by atoms with van der Waals surface area (Å²) in [6, 6.07) is 15.2. The van der Waals surface area contributed by atoms with Crippen molar-refractivity contribution in [1.82, 2.24) is 4.57 Å². The van der Waals surface area contributed by atoms with Crippen LogP contribution in [-0.2, 0) is 6.61 Å². The molecule has 1 aromatic heterocycles. The van der Waals surface area contributed by atoms with Crippen LogP contribution in [0.15, 0.2) is 48.7 Å². The molecule has 0 spiro atoms. The lowest BCUT2D eigenvalue weighted by Gasteiger charge is -2.09. The molecule has 114 valence electrons. The molecule has 22 heavy (non-hydrogen) atoms. The highest BCUT2D eigenvalue weighted by atomic mass is 16.5. The molecule has 0 saturated carbocycles. The minimum atomic E-state index is 0.442. The third-order valence-electron chi connectivity index (χ3n) is 4.10. The van der Waals surface area contributed by atoms with Gasteiger partial charge in [0.2, 0.25) is 0 Å². The number of rotatable bonds is 4. The van der Waals surface area contributed by atoms with Crippen molar-refractivity contribution in [2.75, 3.05) is 0 Å². The Bertz CT molecular complexity index is 799. The molecule has 2 aromatic carbocycles. The summed E-state index contributed by atoms with van der Waals surface area (Å²) in [5, 5.41) is 1.29. The molecule has 2 nitrogen and oxygen atoms in total. The van der Waals surface area contributed by atoms with Gasteiger partial charge in [0, 0.05) is 28.7 Å². The zero-order chi connectivity index (χ0) is 15.7. The van der Waals surface area contributed by atoms with Gasteiger partial charge in [0.05, 0.1) is 0 Å². The van der Waals surface area contributed by atoms with Crippen LogP contribution in [0.25, 0.3) is 10.9 Å². The van der Waals surface area contributed by atoms with Crippen LogP contribution in [-0.4, -0.2) is 4.57 Å². The van der Waals surface area contributed by atoms with E-state index >= 15 is 0 Å². The predicted molar refractivity (Wildman–Crippen MR) is 92.6 cm³/mol. The first kappa shape index (κ1) is 14.7. The van der Waals surface area contributed by atoms with E-state index in [-0.39, 0.29) is 0 Å². The highest BCUT2D eigenvalue weighted by Crippen LogP contribution is 2.27. The molecular weight excluding hydrogens is 270 g/mol. The second kappa shape index (κ2) is 5.88. The van der Waals surface area contributed by atoms with Crippen LogP contribution in [0.4, 0.5) is 0 Å². The molecule has 0 unspecified atom stereocenters. The number of hydrogen-bond donors (Lipinski definition) is 0. The van der Waals surface area contributed by atoms with E-state index in [4.69, 9.17) is 4.74 Å². The second-order valence-corrected chi connectivity index (χ2v) is 6.23. The normalized spacial score (nSPS) is 11.3. The summed E-state index contributed by atoms with van der Waals surface area (Å²) in [6.45, 7) is 9.25. The fraction of sp³-hybridized carbons (Fsp3) is 0.300. The van der Waals surface area contributed by atoms with Crippen molar-refractivity contribution >= 4 is 10.9 Å². The first-order valence-corrected chi connectivity index (χ1v) is 7.85. The topological polar surface area (TPSA) is 14.2 Å². The number of benzene rings is 2. The maximum atomic E-state index is 6.05. The molecule has 0 fully saturated rings. The number of ether oxygens (including phenoxy) is 1. The smallest absolute Gasteiger partial charge is 0.122 e. The van der Waals surface area contributed by atoms with Gasteiger partial charge in [0.1, 0.15) is 12.4 Å². The standard InChI is InChI=1S/C20H23NO/c1-14(2)21-12-17(18-11-15(3)9-10-19(18)21)13-22-20-8-6-5-7-16(20)4/h5-12,14H,13H2,1-4H3. The molecule has 3 rings (SSSR count). The van der Waals surface area contributed by atoms with Crippen molar-refractivity contribution < 1.29 is 4.74 Å². The van der Waals surface area contributed by atoms with Crippen LogP contribution in [0.5, 0.6) is 5.75 Å². The second-order valence-electron chi connectivity index (χ2n) is 6.23. The van der Waals surface area contributed by atoms with Gasteiger partial charge in [-0.1, -0.05) is 29.8 Å². The summed E-state index contributed by atoms with van der Waals surface area (Å²) in [7, 11) is 0. The average Bonchev–Trinajstić information content (AvgIpc) is 2.84. The highest BCUT2D eigenvalue weighted by molar-refractivity contribution is 5.84. The number of hydrogen-bond acceptors (Lipinski definition) is 1. The minimum absolute atomic E-state index is 0.442. The Labute approximate surface area is 132 Å². The molecule has 0 amide bonds. The van der Waals surface area contributed by atoms with Crippen molar-refractivity contribution in [2.45, 2.75) is 40.3 Å². The van der Waals surface area contributed by atoms with E-state index in [1.165, 1.54) is 27.6 Å². The molecule has 0 bridgehead atoms. The van der Waals surface area contributed by atoms with Crippen molar-refractivity contribution in [3.8, 4) is 5.75 Å². The Balaban J connectivity index is 1.96. The van der Waals surface area contributed by atoms with E-state index in [2.05, 4.69) is 62.7 Å². The predicted octanol–water partition coefficient (Wildman–Crippen LogP) is 5.42. The molecule has 0 radical (unpaired) electrons. The summed E-state index contributed by atoms with van der Waals surface area (Å²) in [6.07, 6.45) is 2.23. The minimum Gasteiger partial charge on any atom is -0.489 e. The highest BCUT2D eigenvalue weighted by Gasteiger charge is 2.11. The van der Waals surface area contributed by atoms with Gasteiger partial charge in [-0.15, -0.1) is 0 Å². The van der Waals surface area contributed by atoms with E-state index in [0.717, 1.165) is 5.75 Å². The summed E-state index contributed by atoms with van der Waals surface area (Å²) >= 11 is 0. The van der Waals surface area contributed by atoms with Crippen molar-refractivity contribution in [2.24, 2.45) is 0 Å². The zero-order valence-corrected chi connectivity index (χ0v) is 13.8. The first-order valence-electron chi connectivity index (χ1n) is 7.85. The third kappa shape index (κ3) is 2.74. The van der Waals surface area contributed by atoms with Crippen LogP contribution in [0.1, 0.15) is 36.6 Å². The van der Waals surface area contributed by atoms with Gasteiger partial charge >= 0.3 is 0 Å². The third-order valence-corrected chi connectivity index (χ3v) is 4.10. The van der Waals surface area contributed by atoms with E-state index < -0.39 is 0 Å². The van der Waals surface area contributed by atoms with Crippen LogP contribution < -0.4 is 4.74 Å². The molecule has 0 N–H and O–H groups in total. The van der Waals surface area contributed by atoms with E-state index in [9.17, 15) is 0 Å². The summed E-state index contributed by atoms with van der Waals surface area (Å²) in [4.78, 5) is 0.